The second-order valence-corrected chi connectivity index (χ2v) is 9.36. The molecule has 2 N–H and O–H groups in total. The molecule has 2 aliphatic rings. The van der Waals surface area contributed by atoms with Crippen LogP contribution in [0.1, 0.15) is 6.42 Å². The van der Waals surface area contributed by atoms with Crippen molar-refractivity contribution in [1.82, 2.24) is 19.8 Å². The van der Waals surface area contributed by atoms with Crippen LogP contribution in [0.25, 0.3) is 11.4 Å². The van der Waals surface area contributed by atoms with Crippen molar-refractivity contribution in [1.29, 1.82) is 0 Å². The fourth-order valence-corrected chi connectivity index (χ4v) is 4.79. The molecule has 10 heteroatoms. The van der Waals surface area contributed by atoms with Gasteiger partial charge in [0.25, 0.3) is 0 Å². The van der Waals surface area contributed by atoms with Gasteiger partial charge in [0, 0.05) is 68.1 Å². The Morgan fingerprint density at radius 1 is 1.00 bits per heavy atom. The number of hydrogen-bond donors (Lipinski definition) is 2. The Bertz CT molecular complexity index is 1250. The summed E-state index contributed by atoms with van der Waals surface area (Å²) in [6.45, 7) is 4.21. The largest absolute Gasteiger partial charge is 0.505 e. The van der Waals surface area contributed by atoms with Gasteiger partial charge in [0.05, 0.1) is 12.5 Å². The SMILES string of the molecule is O=C(Nc1ccc(O)c(F)c1)[C@@H]1CCN(CC(=O)N2CCN(c3ccc(-c4ncccn4)cc3)CC2)C1. The second kappa shape index (κ2) is 10.9. The van der Waals surface area contributed by atoms with Crippen LogP contribution in [-0.2, 0) is 9.59 Å². The number of anilines is 2. The Hall–Kier alpha value is -4.05. The van der Waals surface area contributed by atoms with E-state index in [0.29, 0.717) is 44.1 Å². The number of aromatic nitrogens is 2. The van der Waals surface area contributed by atoms with E-state index >= 15 is 0 Å². The minimum atomic E-state index is -0.782. The number of carbonyl (C=O) groups is 2. The number of phenols is 1. The topological polar surface area (TPSA) is 102 Å². The van der Waals surface area contributed by atoms with Gasteiger partial charge in [-0.15, -0.1) is 0 Å². The molecule has 3 aromatic rings. The van der Waals surface area contributed by atoms with Gasteiger partial charge in [-0.1, -0.05) is 0 Å². The summed E-state index contributed by atoms with van der Waals surface area (Å²) in [5.74, 6) is -0.960. The molecule has 1 atom stereocenters. The van der Waals surface area contributed by atoms with Crippen LogP contribution in [0.4, 0.5) is 15.8 Å². The second-order valence-electron chi connectivity index (χ2n) is 9.36. The summed E-state index contributed by atoms with van der Waals surface area (Å²) in [5, 5.41) is 12.0. The highest BCUT2D eigenvalue weighted by atomic mass is 19.1. The van der Waals surface area contributed by atoms with E-state index in [1.54, 1.807) is 18.5 Å². The molecule has 1 aromatic heterocycles. The van der Waals surface area contributed by atoms with E-state index in [4.69, 9.17) is 0 Å². The molecule has 2 fully saturated rings. The van der Waals surface area contributed by atoms with Crippen LogP contribution in [0.3, 0.4) is 0 Å². The average molecular weight is 505 g/mol. The van der Waals surface area contributed by atoms with Gasteiger partial charge in [0.15, 0.2) is 17.4 Å². The number of hydrogen-bond acceptors (Lipinski definition) is 7. The molecule has 2 saturated heterocycles. The highest BCUT2D eigenvalue weighted by Crippen LogP contribution is 2.24. The van der Waals surface area contributed by atoms with Gasteiger partial charge >= 0.3 is 0 Å². The molecule has 2 aromatic carbocycles. The van der Waals surface area contributed by atoms with E-state index < -0.39 is 11.6 Å². The molecule has 192 valence electrons. The zero-order chi connectivity index (χ0) is 25.8. The van der Waals surface area contributed by atoms with Crippen molar-refractivity contribution < 1.29 is 19.1 Å². The lowest BCUT2D eigenvalue weighted by atomic mass is 10.1. The molecule has 0 aliphatic carbocycles. The standard InChI is InChI=1S/C27H29FN6O3/c28-23-16-21(4-7-24(23)35)31-27(37)20-8-11-32(17-20)18-25(36)34-14-12-33(13-15-34)22-5-2-19(3-6-22)26-29-9-1-10-30-26/h1-7,9-10,16,20,35H,8,11-15,17-18H2,(H,31,37)/t20-/m1/s1. The Balaban J connectivity index is 1.07. The summed E-state index contributed by atoms with van der Waals surface area (Å²) in [7, 11) is 0. The Labute approximate surface area is 214 Å². The van der Waals surface area contributed by atoms with E-state index in [2.05, 4.69) is 32.3 Å². The third-order valence-electron chi connectivity index (χ3n) is 6.91. The van der Waals surface area contributed by atoms with Crippen LogP contribution < -0.4 is 10.2 Å². The molecule has 5 rings (SSSR count). The fraction of sp³-hybridized carbons (Fsp3) is 0.333. The van der Waals surface area contributed by atoms with Crippen LogP contribution in [0.15, 0.2) is 60.9 Å². The highest BCUT2D eigenvalue weighted by molar-refractivity contribution is 5.93. The number of amides is 2. The third-order valence-corrected chi connectivity index (χ3v) is 6.91. The Morgan fingerprint density at radius 2 is 1.73 bits per heavy atom. The number of halogens is 1. The maximum absolute atomic E-state index is 13.5. The third kappa shape index (κ3) is 5.86. The van der Waals surface area contributed by atoms with E-state index in [-0.39, 0.29) is 24.3 Å². The predicted molar refractivity (Wildman–Crippen MR) is 138 cm³/mol. The molecule has 2 aliphatic heterocycles. The van der Waals surface area contributed by atoms with Crippen molar-refractivity contribution in [3.8, 4) is 17.1 Å². The van der Waals surface area contributed by atoms with Crippen molar-refractivity contribution in [3.63, 3.8) is 0 Å². The predicted octanol–water partition coefficient (Wildman–Crippen LogP) is 2.60. The number of aromatic hydroxyl groups is 1. The molecule has 0 radical (unpaired) electrons. The van der Waals surface area contributed by atoms with Crippen LogP contribution in [0, 0.1) is 11.7 Å². The Morgan fingerprint density at radius 3 is 2.43 bits per heavy atom. The molecule has 37 heavy (non-hydrogen) atoms. The lowest BCUT2D eigenvalue weighted by Crippen LogP contribution is -2.51. The molecular formula is C27H29FN6O3. The smallest absolute Gasteiger partial charge is 0.236 e. The molecule has 0 spiro atoms. The zero-order valence-electron chi connectivity index (χ0n) is 20.4. The number of phenolic OH excluding ortho intramolecular Hbond substituents is 1. The van der Waals surface area contributed by atoms with Crippen molar-refractivity contribution in [2.45, 2.75) is 6.42 Å². The molecule has 0 unspecified atom stereocenters. The zero-order valence-corrected chi connectivity index (χ0v) is 20.4. The first kappa shape index (κ1) is 24.6. The van der Waals surface area contributed by atoms with Crippen molar-refractivity contribution in [3.05, 3.63) is 66.7 Å². The summed E-state index contributed by atoms with van der Waals surface area (Å²) in [6, 6.07) is 13.7. The van der Waals surface area contributed by atoms with E-state index in [9.17, 15) is 19.1 Å². The molecule has 3 heterocycles. The van der Waals surface area contributed by atoms with Crippen LogP contribution in [0.2, 0.25) is 0 Å². The fourth-order valence-electron chi connectivity index (χ4n) is 4.79. The molecule has 2 amide bonds. The van der Waals surface area contributed by atoms with Gasteiger partial charge in [-0.2, -0.15) is 0 Å². The maximum atomic E-state index is 13.5. The highest BCUT2D eigenvalue weighted by Gasteiger charge is 2.31. The van der Waals surface area contributed by atoms with Gasteiger partial charge in [-0.25, -0.2) is 14.4 Å². The van der Waals surface area contributed by atoms with Crippen LogP contribution >= 0.6 is 0 Å². The average Bonchev–Trinajstić information content (AvgIpc) is 3.40. The minimum Gasteiger partial charge on any atom is -0.505 e. The summed E-state index contributed by atoms with van der Waals surface area (Å²) >= 11 is 0. The molecule has 0 saturated carbocycles. The quantitative estimate of drug-likeness (QED) is 0.498. The summed E-state index contributed by atoms with van der Waals surface area (Å²) in [4.78, 5) is 40.2. The van der Waals surface area contributed by atoms with Crippen molar-refractivity contribution in [2.24, 2.45) is 5.92 Å². The number of nitrogens with one attached hydrogen (secondary N) is 1. The number of rotatable bonds is 6. The first-order valence-electron chi connectivity index (χ1n) is 12.4. The molecule has 0 bridgehead atoms. The van der Waals surface area contributed by atoms with E-state index in [1.807, 2.05) is 21.9 Å². The normalized spacial score (nSPS) is 18.1. The first-order chi connectivity index (χ1) is 18.0. The lowest BCUT2D eigenvalue weighted by molar-refractivity contribution is -0.132. The van der Waals surface area contributed by atoms with Gasteiger partial charge in [0.2, 0.25) is 11.8 Å². The Kier molecular flexibility index (Phi) is 7.27. The van der Waals surface area contributed by atoms with Gasteiger partial charge in [-0.05, 0) is 55.4 Å². The number of benzene rings is 2. The minimum absolute atomic E-state index is 0.0675. The van der Waals surface area contributed by atoms with Crippen molar-refractivity contribution >= 4 is 23.2 Å². The number of carbonyl (C=O) groups excluding carboxylic acids is 2. The lowest BCUT2D eigenvalue weighted by Gasteiger charge is -2.36. The van der Waals surface area contributed by atoms with E-state index in [0.717, 1.165) is 30.4 Å². The van der Waals surface area contributed by atoms with Crippen LogP contribution in [0.5, 0.6) is 5.75 Å². The van der Waals surface area contributed by atoms with Crippen LogP contribution in [-0.4, -0.2) is 82.5 Å². The molecule has 9 nitrogen and oxygen atoms in total. The molecular weight excluding hydrogens is 475 g/mol. The number of likely N-dealkylation sites (tertiary alicyclic amines) is 1. The van der Waals surface area contributed by atoms with Crippen molar-refractivity contribution in [2.75, 3.05) is 56.0 Å². The van der Waals surface area contributed by atoms with Gasteiger partial charge < -0.3 is 20.2 Å². The monoisotopic (exact) mass is 504 g/mol. The van der Waals surface area contributed by atoms with Gasteiger partial charge in [0.1, 0.15) is 0 Å². The first-order valence-corrected chi connectivity index (χ1v) is 12.4. The maximum Gasteiger partial charge on any atom is 0.236 e. The summed E-state index contributed by atoms with van der Waals surface area (Å²) < 4.78 is 13.5. The summed E-state index contributed by atoms with van der Waals surface area (Å²) in [5.41, 5.74) is 2.37. The summed E-state index contributed by atoms with van der Waals surface area (Å²) in [6.07, 6.45) is 4.09. The number of nitrogens with zero attached hydrogens (tertiary/aromatic N) is 5. The number of piperazine rings is 1. The van der Waals surface area contributed by atoms with E-state index in [1.165, 1.54) is 12.1 Å². The van der Waals surface area contributed by atoms with Gasteiger partial charge in [-0.3, -0.25) is 14.5 Å².